The van der Waals surface area contributed by atoms with E-state index in [1.54, 1.807) is 0 Å². The van der Waals surface area contributed by atoms with E-state index >= 15 is 0 Å². The Morgan fingerprint density at radius 2 is 2.25 bits per heavy atom. The number of hydrogen-bond acceptors (Lipinski definition) is 4. The fraction of sp³-hybridized carbons (Fsp3) is 0.273. The lowest BCUT2D eigenvalue weighted by molar-refractivity contribution is -0.105. The molecule has 1 aromatic rings. The van der Waals surface area contributed by atoms with Gasteiger partial charge in [-0.2, -0.15) is 0 Å². The highest BCUT2D eigenvalue weighted by Crippen LogP contribution is 2.25. The van der Waals surface area contributed by atoms with Gasteiger partial charge in [0.2, 0.25) is 22.4 Å². The number of nitrogens with zero attached hydrogens (tertiary/aromatic N) is 1. The Kier molecular flexibility index (Phi) is 3.62. The number of guanidine groups is 1. The van der Waals surface area contributed by atoms with Crippen LogP contribution in [0, 0.1) is 11.2 Å². The Labute approximate surface area is 115 Å². The van der Waals surface area contributed by atoms with Crippen LogP contribution in [0.25, 0.3) is 0 Å². The number of hydrogen-bond donors (Lipinski definition) is 3. The first kappa shape index (κ1) is 14.3. The zero-order chi connectivity index (χ0) is 14.9. The third-order valence-corrected chi connectivity index (χ3v) is 4.79. The van der Waals surface area contributed by atoms with E-state index in [2.05, 4.69) is 10.6 Å². The summed E-state index contributed by atoms with van der Waals surface area (Å²) in [5.74, 6) is -1.30. The molecule has 0 unspecified atom stereocenters. The molecule has 20 heavy (non-hydrogen) atoms. The van der Waals surface area contributed by atoms with Crippen molar-refractivity contribution in [3.05, 3.63) is 29.6 Å². The molecule has 0 bridgehead atoms. The molecule has 0 aromatic heterocycles. The Bertz CT molecular complexity index is 662. The van der Waals surface area contributed by atoms with Gasteiger partial charge in [0.25, 0.3) is 0 Å². The highest BCUT2D eigenvalue weighted by atomic mass is 32.2. The van der Waals surface area contributed by atoms with Gasteiger partial charge < -0.3 is 10.6 Å². The van der Waals surface area contributed by atoms with Crippen LogP contribution in [0.4, 0.5) is 10.1 Å². The van der Waals surface area contributed by atoms with Gasteiger partial charge in [0.05, 0.1) is 11.8 Å². The molecule has 0 aliphatic carbocycles. The van der Waals surface area contributed by atoms with Crippen LogP contribution in [-0.2, 0) is 14.8 Å². The number of halogens is 1. The predicted molar refractivity (Wildman–Crippen MR) is 71.2 cm³/mol. The summed E-state index contributed by atoms with van der Waals surface area (Å²) in [6.45, 7) is 0. The Hall–Kier alpha value is -2.16. The van der Waals surface area contributed by atoms with Crippen LogP contribution in [0.15, 0.2) is 18.2 Å². The molecular weight excluding hydrogens is 287 g/mol. The molecule has 1 amide bonds. The van der Waals surface area contributed by atoms with Gasteiger partial charge in [-0.05, 0) is 18.2 Å². The van der Waals surface area contributed by atoms with Crippen molar-refractivity contribution in [1.29, 1.82) is 5.41 Å². The van der Waals surface area contributed by atoms with Crippen LogP contribution in [0.3, 0.4) is 0 Å². The molecular formula is C11H13FN4O3S. The molecule has 108 valence electrons. The fourth-order valence-electron chi connectivity index (χ4n) is 1.90. The first-order chi connectivity index (χ1) is 9.35. The van der Waals surface area contributed by atoms with Crippen molar-refractivity contribution < 1.29 is 17.6 Å². The van der Waals surface area contributed by atoms with E-state index in [0.717, 1.165) is 10.4 Å². The molecule has 0 saturated carbocycles. The number of rotatable bonds is 3. The molecule has 1 heterocycles. The molecule has 1 saturated heterocycles. The molecule has 2 rings (SSSR count). The smallest absolute Gasteiger partial charge is 0.239 e. The van der Waals surface area contributed by atoms with Gasteiger partial charge >= 0.3 is 0 Å². The predicted octanol–water partition coefficient (Wildman–Crippen LogP) is 0.235. The molecule has 0 radical (unpaired) electrons. The first-order valence-electron chi connectivity index (χ1n) is 5.66. The van der Waals surface area contributed by atoms with E-state index in [1.807, 2.05) is 0 Å². The monoisotopic (exact) mass is 300 g/mol. The number of sulfonamides is 1. The fourth-order valence-corrected chi connectivity index (χ4v) is 3.13. The van der Waals surface area contributed by atoms with Gasteiger partial charge in [0, 0.05) is 18.3 Å². The van der Waals surface area contributed by atoms with Crippen LogP contribution in [-0.4, -0.2) is 37.9 Å². The zero-order valence-electron chi connectivity index (χ0n) is 10.6. The van der Waals surface area contributed by atoms with Gasteiger partial charge in [-0.15, -0.1) is 0 Å². The summed E-state index contributed by atoms with van der Waals surface area (Å²) in [5.41, 5.74) is 0.430. The number of carbonyl (C=O) groups is 1. The SMILES string of the molecule is CN1C(=N)N[C@H](c2cc(NC=O)ccc2F)CS1(=O)=O. The van der Waals surface area contributed by atoms with E-state index in [4.69, 9.17) is 5.41 Å². The number of nitrogens with one attached hydrogen (secondary N) is 3. The second-order valence-corrected chi connectivity index (χ2v) is 6.33. The Morgan fingerprint density at radius 1 is 1.55 bits per heavy atom. The van der Waals surface area contributed by atoms with Crippen molar-refractivity contribution in [2.75, 3.05) is 18.1 Å². The van der Waals surface area contributed by atoms with Crippen LogP contribution in [0.2, 0.25) is 0 Å². The third-order valence-electron chi connectivity index (χ3n) is 3.02. The minimum absolute atomic E-state index is 0.0817. The van der Waals surface area contributed by atoms with E-state index in [0.29, 0.717) is 12.1 Å². The van der Waals surface area contributed by atoms with Gasteiger partial charge in [-0.3, -0.25) is 10.2 Å². The summed E-state index contributed by atoms with van der Waals surface area (Å²) in [5, 5.41) is 12.6. The summed E-state index contributed by atoms with van der Waals surface area (Å²) in [7, 11) is -2.41. The summed E-state index contributed by atoms with van der Waals surface area (Å²) in [6.07, 6.45) is 0.442. The molecule has 3 N–H and O–H groups in total. The normalized spacial score (nSPS) is 21.2. The van der Waals surface area contributed by atoms with Crippen molar-refractivity contribution in [3.8, 4) is 0 Å². The van der Waals surface area contributed by atoms with E-state index in [-0.39, 0.29) is 17.3 Å². The number of anilines is 1. The zero-order valence-corrected chi connectivity index (χ0v) is 11.4. The summed E-state index contributed by atoms with van der Waals surface area (Å²) in [4.78, 5) is 10.4. The maximum atomic E-state index is 13.8. The van der Waals surface area contributed by atoms with Gasteiger partial charge in [-0.25, -0.2) is 17.1 Å². The Balaban J connectivity index is 2.39. The van der Waals surface area contributed by atoms with Gasteiger partial charge in [0.1, 0.15) is 5.82 Å². The highest BCUT2D eigenvalue weighted by Gasteiger charge is 2.34. The highest BCUT2D eigenvalue weighted by molar-refractivity contribution is 7.89. The third kappa shape index (κ3) is 2.57. The standard InChI is InChI=1S/C11H13FN4O3S/c1-16-11(13)15-10(5-20(16,18)19)8-4-7(14-6-17)2-3-9(8)12/h2-4,6,10H,5H2,1H3,(H2,13,15)(H,14,17)/t10-/m0/s1. The maximum Gasteiger partial charge on any atom is 0.239 e. The minimum atomic E-state index is -3.66. The van der Waals surface area contributed by atoms with Gasteiger partial charge in [0.15, 0.2) is 0 Å². The van der Waals surface area contributed by atoms with Crippen LogP contribution < -0.4 is 10.6 Å². The average molecular weight is 300 g/mol. The topological polar surface area (TPSA) is 102 Å². The lowest BCUT2D eigenvalue weighted by Gasteiger charge is -2.32. The molecule has 9 heteroatoms. The average Bonchev–Trinajstić information content (AvgIpc) is 2.38. The second kappa shape index (κ2) is 5.08. The van der Waals surface area contributed by atoms with Crippen molar-refractivity contribution >= 4 is 28.1 Å². The van der Waals surface area contributed by atoms with Gasteiger partial charge in [-0.1, -0.05) is 0 Å². The number of benzene rings is 1. The number of carbonyl (C=O) groups excluding carboxylic acids is 1. The Morgan fingerprint density at radius 3 is 2.85 bits per heavy atom. The molecule has 1 fully saturated rings. The van der Waals surface area contributed by atoms with Crippen molar-refractivity contribution in [2.45, 2.75) is 6.04 Å². The molecule has 7 nitrogen and oxygen atoms in total. The maximum absolute atomic E-state index is 13.8. The van der Waals surface area contributed by atoms with Crippen LogP contribution in [0.5, 0.6) is 0 Å². The lowest BCUT2D eigenvalue weighted by Crippen LogP contribution is -2.52. The summed E-state index contributed by atoms with van der Waals surface area (Å²) in [6, 6.07) is 2.96. The quantitative estimate of drug-likeness (QED) is 0.696. The summed E-state index contributed by atoms with van der Waals surface area (Å²) >= 11 is 0. The molecule has 1 atom stereocenters. The molecule has 1 aliphatic rings. The first-order valence-corrected chi connectivity index (χ1v) is 7.27. The van der Waals surface area contributed by atoms with Crippen LogP contribution in [0.1, 0.15) is 11.6 Å². The van der Waals surface area contributed by atoms with Crippen molar-refractivity contribution in [3.63, 3.8) is 0 Å². The lowest BCUT2D eigenvalue weighted by atomic mass is 10.1. The van der Waals surface area contributed by atoms with Crippen LogP contribution >= 0.6 is 0 Å². The van der Waals surface area contributed by atoms with E-state index in [9.17, 15) is 17.6 Å². The second-order valence-electron chi connectivity index (χ2n) is 4.29. The summed E-state index contributed by atoms with van der Waals surface area (Å²) < 4.78 is 38.3. The van der Waals surface area contributed by atoms with Crippen molar-refractivity contribution in [1.82, 2.24) is 9.62 Å². The van der Waals surface area contributed by atoms with E-state index in [1.165, 1.54) is 19.2 Å². The minimum Gasteiger partial charge on any atom is -0.348 e. The molecule has 1 aromatic carbocycles. The largest absolute Gasteiger partial charge is 0.348 e. The molecule has 1 aliphatic heterocycles. The van der Waals surface area contributed by atoms with E-state index < -0.39 is 21.9 Å². The van der Waals surface area contributed by atoms with Crippen molar-refractivity contribution in [2.24, 2.45) is 0 Å². The number of amides is 1. The molecule has 0 spiro atoms.